The first-order valence-corrected chi connectivity index (χ1v) is 6.71. The van der Waals surface area contributed by atoms with Crippen molar-refractivity contribution in [1.29, 1.82) is 0 Å². The normalized spacial score (nSPS) is 10.0. The molecule has 0 aliphatic heterocycles. The molecule has 0 N–H and O–H groups in total. The van der Waals surface area contributed by atoms with Crippen LogP contribution in [0, 0.1) is 6.92 Å². The van der Waals surface area contributed by atoms with Crippen molar-refractivity contribution in [3.8, 4) is 0 Å². The van der Waals surface area contributed by atoms with Crippen LogP contribution in [0.25, 0.3) is 0 Å². The zero-order chi connectivity index (χ0) is 10.5. The molecule has 86 valence electrons. The fraction of sp³-hybridized carbons (Fsp3) is 0.929. The average Bonchev–Trinajstić information content (AvgIpc) is 2.21. The Balaban J connectivity index is 0. The minimum Gasteiger partial charge on any atom is -0.343 e. The molecule has 0 atom stereocenters. The summed E-state index contributed by atoms with van der Waals surface area (Å²) in [6.07, 6.45) is 16.9. The maximum Gasteiger partial charge on any atom is 1.00 e. The van der Waals surface area contributed by atoms with Gasteiger partial charge in [-0.2, -0.15) is 6.42 Å². The molecule has 0 aromatic heterocycles. The Hall–Kier alpha value is 0.597. The van der Waals surface area contributed by atoms with Gasteiger partial charge in [0.1, 0.15) is 0 Å². The summed E-state index contributed by atoms with van der Waals surface area (Å²) < 4.78 is 0. The number of hydrogen-bond acceptors (Lipinski definition) is 0. The van der Waals surface area contributed by atoms with Crippen molar-refractivity contribution in [2.24, 2.45) is 0 Å². The van der Waals surface area contributed by atoms with Crippen molar-refractivity contribution in [3.05, 3.63) is 6.92 Å². The van der Waals surface area contributed by atoms with E-state index in [0.717, 1.165) is 6.42 Å². The van der Waals surface area contributed by atoms with E-state index >= 15 is 0 Å². The first-order valence-electron chi connectivity index (χ1n) is 6.71. The summed E-state index contributed by atoms with van der Waals surface area (Å²) in [4.78, 5) is 0. The molecule has 0 aliphatic rings. The zero-order valence-corrected chi connectivity index (χ0v) is 11.2. The predicted octanol–water partition coefficient (Wildman–Crippen LogP) is 2.53. The van der Waals surface area contributed by atoms with E-state index in [1.165, 1.54) is 70.6 Å². The van der Waals surface area contributed by atoms with Crippen LogP contribution in [0.1, 0.15) is 84.0 Å². The minimum absolute atomic E-state index is 0. The summed E-state index contributed by atoms with van der Waals surface area (Å²) in [7, 11) is 0. The molecule has 0 nitrogen and oxygen atoms in total. The van der Waals surface area contributed by atoms with E-state index in [1.807, 2.05) is 0 Å². The van der Waals surface area contributed by atoms with Gasteiger partial charge in [-0.1, -0.05) is 77.6 Å². The molecule has 0 rings (SSSR count). The Bertz CT molecular complexity index is 79.3. The van der Waals surface area contributed by atoms with Gasteiger partial charge in [0.2, 0.25) is 0 Å². The van der Waals surface area contributed by atoms with Gasteiger partial charge in [-0.15, -0.1) is 0 Å². The molecule has 0 aliphatic carbocycles. The van der Waals surface area contributed by atoms with Crippen LogP contribution >= 0.6 is 0 Å². The molecule has 0 unspecified atom stereocenters. The molecule has 0 heterocycles. The third-order valence-corrected chi connectivity index (χ3v) is 2.85. The second-order valence-corrected chi connectivity index (χ2v) is 4.39. The largest absolute Gasteiger partial charge is 1.00 e. The molecule has 0 saturated carbocycles. The van der Waals surface area contributed by atoms with E-state index < -0.39 is 0 Å². The maximum absolute atomic E-state index is 3.86. The molecule has 0 radical (unpaired) electrons. The van der Waals surface area contributed by atoms with Crippen molar-refractivity contribution in [2.75, 3.05) is 0 Å². The van der Waals surface area contributed by atoms with Crippen LogP contribution in [-0.2, 0) is 0 Å². The standard InChI is InChI=1S/C14H29.Li/c1-3-5-7-9-11-13-14-12-10-8-6-4-2;/h1,3-14H2,2H3;/q-1;+1. The SMILES string of the molecule is [CH2-]CCCCCCCCCCCCC.[Li+]. The van der Waals surface area contributed by atoms with E-state index in [0.29, 0.717) is 0 Å². The average molecular weight is 204 g/mol. The fourth-order valence-corrected chi connectivity index (χ4v) is 1.84. The molecule has 0 saturated heterocycles. The molecule has 0 aromatic rings. The van der Waals surface area contributed by atoms with E-state index in [2.05, 4.69) is 13.8 Å². The Morgan fingerprint density at radius 3 is 1.27 bits per heavy atom. The molecule has 0 aromatic carbocycles. The van der Waals surface area contributed by atoms with Crippen LogP contribution < -0.4 is 18.9 Å². The number of unbranched alkanes of at least 4 members (excludes halogenated alkanes) is 11. The third kappa shape index (κ3) is 17.2. The molecule has 0 amide bonds. The molecule has 0 fully saturated rings. The van der Waals surface area contributed by atoms with Crippen molar-refractivity contribution < 1.29 is 18.9 Å². The van der Waals surface area contributed by atoms with Gasteiger partial charge in [-0.25, -0.2) is 0 Å². The van der Waals surface area contributed by atoms with E-state index in [4.69, 9.17) is 0 Å². The molecular weight excluding hydrogens is 175 g/mol. The number of hydrogen-bond donors (Lipinski definition) is 0. The molecule has 0 spiro atoms. The van der Waals surface area contributed by atoms with E-state index in [1.54, 1.807) is 0 Å². The maximum atomic E-state index is 3.86. The van der Waals surface area contributed by atoms with Crippen LogP contribution in [0.4, 0.5) is 0 Å². The Morgan fingerprint density at radius 2 is 0.933 bits per heavy atom. The van der Waals surface area contributed by atoms with Gasteiger partial charge in [0.15, 0.2) is 0 Å². The first kappa shape index (κ1) is 18.0. The summed E-state index contributed by atoms with van der Waals surface area (Å²) in [6.45, 7) is 6.14. The Kier molecular flexibility index (Phi) is 20.4. The van der Waals surface area contributed by atoms with Crippen molar-refractivity contribution >= 4 is 0 Å². The van der Waals surface area contributed by atoms with Crippen LogP contribution in [-0.4, -0.2) is 0 Å². The van der Waals surface area contributed by atoms with Gasteiger partial charge in [0, 0.05) is 0 Å². The van der Waals surface area contributed by atoms with Gasteiger partial charge in [-0.3, -0.25) is 0 Å². The van der Waals surface area contributed by atoms with Crippen LogP contribution in [0.2, 0.25) is 0 Å². The van der Waals surface area contributed by atoms with Crippen LogP contribution in [0.3, 0.4) is 0 Å². The summed E-state index contributed by atoms with van der Waals surface area (Å²) in [5.74, 6) is 0. The number of rotatable bonds is 11. The Morgan fingerprint density at radius 1 is 0.600 bits per heavy atom. The summed E-state index contributed by atoms with van der Waals surface area (Å²) in [5.41, 5.74) is 0. The molecule has 15 heavy (non-hydrogen) atoms. The van der Waals surface area contributed by atoms with Crippen LogP contribution in [0.5, 0.6) is 0 Å². The second kappa shape index (κ2) is 17.0. The Labute approximate surface area is 110 Å². The summed E-state index contributed by atoms with van der Waals surface area (Å²) in [6, 6.07) is 0. The van der Waals surface area contributed by atoms with Crippen LogP contribution in [0.15, 0.2) is 0 Å². The van der Waals surface area contributed by atoms with Gasteiger partial charge < -0.3 is 6.92 Å². The zero-order valence-electron chi connectivity index (χ0n) is 11.2. The monoisotopic (exact) mass is 204 g/mol. The molecule has 1 heteroatoms. The minimum atomic E-state index is 0. The van der Waals surface area contributed by atoms with Crippen molar-refractivity contribution in [3.63, 3.8) is 0 Å². The predicted molar refractivity (Wildman–Crippen MR) is 66.4 cm³/mol. The summed E-state index contributed by atoms with van der Waals surface area (Å²) >= 11 is 0. The first-order chi connectivity index (χ1) is 6.91. The van der Waals surface area contributed by atoms with Crippen molar-refractivity contribution in [1.82, 2.24) is 0 Å². The van der Waals surface area contributed by atoms with Gasteiger partial charge in [-0.05, 0) is 0 Å². The fourth-order valence-electron chi connectivity index (χ4n) is 1.84. The second-order valence-electron chi connectivity index (χ2n) is 4.39. The van der Waals surface area contributed by atoms with Gasteiger partial charge in [0.25, 0.3) is 0 Å². The van der Waals surface area contributed by atoms with Gasteiger partial charge in [0.05, 0.1) is 0 Å². The third-order valence-electron chi connectivity index (χ3n) is 2.85. The summed E-state index contributed by atoms with van der Waals surface area (Å²) in [5, 5.41) is 0. The van der Waals surface area contributed by atoms with Gasteiger partial charge >= 0.3 is 18.9 Å². The van der Waals surface area contributed by atoms with Crippen molar-refractivity contribution in [2.45, 2.75) is 84.0 Å². The van der Waals surface area contributed by atoms with E-state index in [-0.39, 0.29) is 18.9 Å². The topological polar surface area (TPSA) is 0 Å². The smallest absolute Gasteiger partial charge is 0.343 e. The van der Waals surface area contributed by atoms with E-state index in [9.17, 15) is 0 Å². The molecule has 0 bridgehead atoms. The molecular formula is C14H29Li. The quantitative estimate of drug-likeness (QED) is 0.276.